The third-order valence-electron chi connectivity index (χ3n) is 6.91. The second-order valence-corrected chi connectivity index (χ2v) is 10.3. The first-order chi connectivity index (χ1) is 20.4. The second kappa shape index (κ2) is 11.4. The predicted molar refractivity (Wildman–Crippen MR) is 164 cm³/mol. The third-order valence-corrected chi connectivity index (χ3v) is 6.91. The zero-order valence-corrected chi connectivity index (χ0v) is 23.5. The molecule has 0 atom stereocenters. The highest BCUT2D eigenvalue weighted by Crippen LogP contribution is 2.34. The van der Waals surface area contributed by atoms with Gasteiger partial charge in [-0.25, -0.2) is 9.37 Å². The number of rotatable bonds is 9. The molecule has 0 radical (unpaired) electrons. The number of amides is 1. The van der Waals surface area contributed by atoms with Crippen LogP contribution < -0.4 is 10.6 Å². The van der Waals surface area contributed by atoms with Gasteiger partial charge in [0.05, 0.1) is 34.5 Å². The number of pyridine rings is 3. The summed E-state index contributed by atoms with van der Waals surface area (Å²) in [7, 11) is 3.99. The molecule has 10 nitrogen and oxygen atoms in total. The summed E-state index contributed by atoms with van der Waals surface area (Å²) in [6.45, 7) is 3.31. The molecule has 0 spiro atoms. The molecule has 42 heavy (non-hydrogen) atoms. The van der Waals surface area contributed by atoms with Crippen molar-refractivity contribution in [1.29, 1.82) is 0 Å². The van der Waals surface area contributed by atoms with E-state index in [1.807, 2.05) is 50.5 Å². The van der Waals surface area contributed by atoms with Crippen LogP contribution in [0.25, 0.3) is 55.8 Å². The molecule has 0 saturated heterocycles. The van der Waals surface area contributed by atoms with Crippen molar-refractivity contribution in [3.63, 3.8) is 0 Å². The van der Waals surface area contributed by atoms with Crippen LogP contribution in [-0.4, -0.2) is 68.1 Å². The number of halogens is 1. The number of benzene rings is 1. The van der Waals surface area contributed by atoms with E-state index >= 15 is 0 Å². The van der Waals surface area contributed by atoms with Gasteiger partial charge in [0.25, 0.3) is 0 Å². The van der Waals surface area contributed by atoms with Crippen molar-refractivity contribution in [2.24, 2.45) is 0 Å². The molecule has 5 aromatic heterocycles. The van der Waals surface area contributed by atoms with Gasteiger partial charge in [0.2, 0.25) is 5.91 Å². The first kappa shape index (κ1) is 27.0. The zero-order valence-electron chi connectivity index (χ0n) is 23.5. The van der Waals surface area contributed by atoms with E-state index in [1.54, 1.807) is 25.5 Å². The van der Waals surface area contributed by atoms with Crippen LogP contribution in [0.1, 0.15) is 13.3 Å². The lowest BCUT2D eigenvalue weighted by atomic mass is 10.1. The Hall–Kier alpha value is -5.16. The van der Waals surface area contributed by atoms with Gasteiger partial charge in [-0.05, 0) is 62.6 Å². The summed E-state index contributed by atoms with van der Waals surface area (Å²) in [5.41, 5.74) is 7.78. The summed E-state index contributed by atoms with van der Waals surface area (Å²) in [5.74, 6) is -0.422. The van der Waals surface area contributed by atoms with Gasteiger partial charge >= 0.3 is 0 Å². The van der Waals surface area contributed by atoms with Crippen molar-refractivity contribution < 1.29 is 9.18 Å². The number of carbonyl (C=O) groups is 1. The summed E-state index contributed by atoms with van der Waals surface area (Å²) in [4.78, 5) is 31.1. The van der Waals surface area contributed by atoms with E-state index in [4.69, 9.17) is 4.98 Å². The molecular weight excluding hydrogens is 533 g/mol. The average molecular weight is 564 g/mol. The summed E-state index contributed by atoms with van der Waals surface area (Å²) in [6, 6.07) is 14.4. The lowest BCUT2D eigenvalue weighted by Gasteiger charge is -2.12. The molecule has 5 heterocycles. The summed E-state index contributed by atoms with van der Waals surface area (Å²) in [5, 5.41) is 14.6. The first-order valence-corrected chi connectivity index (χ1v) is 13.7. The number of H-pyrrole nitrogens is 2. The molecular formula is C31H30FN9O. The van der Waals surface area contributed by atoms with Crippen LogP contribution in [0.5, 0.6) is 0 Å². The van der Waals surface area contributed by atoms with Gasteiger partial charge in [0, 0.05) is 59.6 Å². The van der Waals surface area contributed by atoms with Gasteiger partial charge in [-0.15, -0.1) is 0 Å². The maximum Gasteiger partial charge on any atom is 0.224 e. The molecule has 1 aromatic carbocycles. The molecule has 4 N–H and O–H groups in total. The Labute approximate surface area is 241 Å². The Morgan fingerprint density at radius 1 is 0.976 bits per heavy atom. The monoisotopic (exact) mass is 563 g/mol. The number of fused-ring (bicyclic) bond motifs is 2. The largest absolute Gasteiger partial charge is 0.384 e. The number of anilines is 2. The van der Waals surface area contributed by atoms with Gasteiger partial charge in [-0.1, -0.05) is 6.92 Å². The number of hydrogen-bond acceptors (Lipinski definition) is 7. The molecule has 1 amide bonds. The van der Waals surface area contributed by atoms with Crippen LogP contribution >= 0.6 is 0 Å². The highest BCUT2D eigenvalue weighted by atomic mass is 19.1. The minimum atomic E-state index is -0.336. The molecule has 6 aromatic rings. The third kappa shape index (κ3) is 5.54. The summed E-state index contributed by atoms with van der Waals surface area (Å²) in [6.07, 6.45) is 5.40. The van der Waals surface area contributed by atoms with Crippen molar-refractivity contribution in [3.05, 3.63) is 72.9 Å². The molecule has 0 aliphatic rings. The van der Waals surface area contributed by atoms with Gasteiger partial charge in [-0.3, -0.25) is 19.9 Å². The minimum Gasteiger partial charge on any atom is -0.384 e. The summed E-state index contributed by atoms with van der Waals surface area (Å²) < 4.78 is 14.7. The molecule has 212 valence electrons. The van der Waals surface area contributed by atoms with E-state index in [-0.39, 0.29) is 11.7 Å². The number of carbonyl (C=O) groups excluding carboxylic acids is 1. The van der Waals surface area contributed by atoms with E-state index in [1.165, 1.54) is 12.1 Å². The Morgan fingerprint density at radius 3 is 2.67 bits per heavy atom. The minimum absolute atomic E-state index is 0.0859. The molecule has 0 bridgehead atoms. The highest BCUT2D eigenvalue weighted by Gasteiger charge is 2.17. The Bertz CT molecular complexity index is 1910. The molecule has 0 unspecified atom stereocenters. The number of likely N-dealkylation sites (N-methyl/N-ethyl adjacent to an activating group) is 1. The maximum absolute atomic E-state index is 14.7. The van der Waals surface area contributed by atoms with Gasteiger partial charge in [-0.2, -0.15) is 5.10 Å². The lowest BCUT2D eigenvalue weighted by Crippen LogP contribution is -2.20. The molecule has 0 aliphatic carbocycles. The van der Waals surface area contributed by atoms with E-state index in [0.29, 0.717) is 52.5 Å². The standard InChI is InChI=1S/C31H30FN9O/c1-4-28(42)36-22-13-19(16-33-17-22)24-5-6-26-30(38-24)31(40-39-26)27-15-23-25(37-27)7-8-35-29(23)18-11-20(32)14-21(12-18)34-9-10-41(2)3/h5-8,11-17,34,37H,4,9-10H2,1-3H3,(H,36,42)(H,39,40). The Balaban J connectivity index is 1.36. The number of aromatic nitrogens is 6. The number of nitrogens with zero attached hydrogens (tertiary/aromatic N) is 5. The van der Waals surface area contributed by atoms with Crippen LogP contribution in [0.15, 0.2) is 67.1 Å². The topological polar surface area (TPSA) is 128 Å². The van der Waals surface area contributed by atoms with Gasteiger partial charge < -0.3 is 20.5 Å². The zero-order chi connectivity index (χ0) is 29.2. The van der Waals surface area contributed by atoms with Crippen molar-refractivity contribution in [2.45, 2.75) is 13.3 Å². The normalized spacial score (nSPS) is 11.5. The fourth-order valence-corrected chi connectivity index (χ4v) is 4.81. The van der Waals surface area contributed by atoms with E-state index < -0.39 is 0 Å². The molecule has 0 fully saturated rings. The maximum atomic E-state index is 14.7. The van der Waals surface area contributed by atoms with Gasteiger partial charge in [0.15, 0.2) is 0 Å². The van der Waals surface area contributed by atoms with Crippen LogP contribution in [-0.2, 0) is 4.79 Å². The van der Waals surface area contributed by atoms with Crippen molar-refractivity contribution in [3.8, 4) is 33.9 Å². The number of aromatic amines is 2. The molecule has 0 saturated carbocycles. The summed E-state index contributed by atoms with van der Waals surface area (Å²) >= 11 is 0. The van der Waals surface area contributed by atoms with E-state index in [0.717, 1.165) is 34.2 Å². The number of hydrogen-bond donors (Lipinski definition) is 4. The molecule has 0 aliphatic heterocycles. The van der Waals surface area contributed by atoms with Crippen molar-refractivity contribution in [2.75, 3.05) is 37.8 Å². The van der Waals surface area contributed by atoms with E-state index in [2.05, 4.69) is 40.7 Å². The van der Waals surface area contributed by atoms with Crippen molar-refractivity contribution in [1.82, 2.24) is 35.0 Å². The number of nitrogens with one attached hydrogen (secondary N) is 4. The smallest absolute Gasteiger partial charge is 0.224 e. The van der Waals surface area contributed by atoms with E-state index in [9.17, 15) is 9.18 Å². The molecule has 6 rings (SSSR count). The Morgan fingerprint density at radius 2 is 1.83 bits per heavy atom. The van der Waals surface area contributed by atoms with Gasteiger partial charge in [0.1, 0.15) is 17.0 Å². The van der Waals surface area contributed by atoms with Crippen LogP contribution in [0.3, 0.4) is 0 Å². The molecule has 11 heteroatoms. The predicted octanol–water partition coefficient (Wildman–Crippen LogP) is 5.69. The fraction of sp³-hybridized carbons (Fsp3) is 0.194. The van der Waals surface area contributed by atoms with Crippen LogP contribution in [0.4, 0.5) is 15.8 Å². The Kier molecular flexibility index (Phi) is 7.32. The van der Waals surface area contributed by atoms with Crippen LogP contribution in [0.2, 0.25) is 0 Å². The van der Waals surface area contributed by atoms with Crippen LogP contribution in [0, 0.1) is 5.82 Å². The van der Waals surface area contributed by atoms with Crippen molar-refractivity contribution >= 4 is 39.2 Å². The lowest BCUT2D eigenvalue weighted by molar-refractivity contribution is -0.115. The fourth-order valence-electron chi connectivity index (χ4n) is 4.81. The second-order valence-electron chi connectivity index (χ2n) is 10.3. The first-order valence-electron chi connectivity index (χ1n) is 13.7. The average Bonchev–Trinajstić information content (AvgIpc) is 3.60. The quantitative estimate of drug-likeness (QED) is 0.178. The highest BCUT2D eigenvalue weighted by molar-refractivity contribution is 5.99. The SMILES string of the molecule is CCC(=O)Nc1cncc(-c2ccc3[nH]nc(-c4cc5c(-c6cc(F)cc(NCCN(C)C)c6)nccc5[nH]4)c3n2)c1.